The lowest BCUT2D eigenvalue weighted by atomic mass is 9.78. The molecular formula is C26H21ClN2O3. The third kappa shape index (κ3) is 3.21. The van der Waals surface area contributed by atoms with Crippen molar-refractivity contribution in [2.45, 2.75) is 24.8 Å². The summed E-state index contributed by atoms with van der Waals surface area (Å²) in [5, 5.41) is 7.86. The topological polar surface area (TPSA) is 59.6 Å². The van der Waals surface area contributed by atoms with Gasteiger partial charge in [-0.15, -0.1) is 0 Å². The van der Waals surface area contributed by atoms with Crippen LogP contribution in [0, 0.1) is 0 Å². The smallest absolute Gasteiger partial charge is 0.231 e. The van der Waals surface area contributed by atoms with Crippen molar-refractivity contribution in [3.05, 3.63) is 94.1 Å². The molecule has 2 N–H and O–H groups in total. The lowest BCUT2D eigenvalue weighted by Crippen LogP contribution is -2.27. The van der Waals surface area contributed by atoms with E-state index in [2.05, 4.69) is 10.6 Å². The Balaban J connectivity index is 1.47. The minimum atomic E-state index is -0.296. The highest BCUT2D eigenvalue weighted by Gasteiger charge is 2.37. The number of hydrogen-bond acceptors (Lipinski definition) is 5. The molecule has 3 aromatic rings. The number of nitrogens with one attached hydrogen (secondary N) is 2. The number of rotatable bonds is 2. The van der Waals surface area contributed by atoms with Gasteiger partial charge in [-0.3, -0.25) is 4.79 Å². The van der Waals surface area contributed by atoms with E-state index >= 15 is 0 Å². The van der Waals surface area contributed by atoms with Gasteiger partial charge in [-0.05, 0) is 53.8 Å². The molecule has 0 aromatic heterocycles. The summed E-state index contributed by atoms with van der Waals surface area (Å²) in [6, 6.07) is 21.4. The molecule has 0 saturated carbocycles. The maximum Gasteiger partial charge on any atom is 0.231 e. The molecular weight excluding hydrogens is 424 g/mol. The Labute approximate surface area is 191 Å². The Hall–Kier alpha value is -3.44. The normalized spacial score (nSPS) is 21.2. The van der Waals surface area contributed by atoms with Crippen molar-refractivity contribution in [2.75, 3.05) is 17.4 Å². The number of Topliss-reactive ketones (excluding diaryl/α,β-unsaturated/α-hetero) is 1. The van der Waals surface area contributed by atoms with E-state index in [0.29, 0.717) is 23.6 Å². The Morgan fingerprint density at radius 3 is 2.53 bits per heavy atom. The standard InChI is InChI=1S/C26H21ClN2O3/c27-18-6-2-1-5-17(18)16-11-21-25(22(30)12-16)26(29-20-8-4-3-7-19(20)28-21)15-9-10-23-24(13-15)32-14-31-23/h1-10,13,16,26,28-29H,11-12,14H2/t16-,26-/m0/s1. The fourth-order valence-electron chi connectivity index (χ4n) is 4.86. The van der Waals surface area contributed by atoms with Gasteiger partial charge in [0.25, 0.3) is 0 Å². The summed E-state index contributed by atoms with van der Waals surface area (Å²) in [6.45, 7) is 0.216. The fraction of sp³-hybridized carbons (Fsp3) is 0.192. The fourth-order valence-corrected chi connectivity index (χ4v) is 5.15. The third-order valence-electron chi connectivity index (χ3n) is 6.38. The Bertz CT molecular complexity index is 1270. The number of anilines is 2. The van der Waals surface area contributed by atoms with Gasteiger partial charge in [0.05, 0.1) is 17.4 Å². The third-order valence-corrected chi connectivity index (χ3v) is 6.73. The van der Waals surface area contributed by atoms with Crippen LogP contribution in [0.4, 0.5) is 11.4 Å². The van der Waals surface area contributed by atoms with E-state index in [-0.39, 0.29) is 24.5 Å². The van der Waals surface area contributed by atoms with Crippen molar-refractivity contribution in [1.82, 2.24) is 0 Å². The molecule has 6 rings (SSSR count). The summed E-state index contributed by atoms with van der Waals surface area (Å²) >= 11 is 6.49. The average Bonchev–Trinajstić information content (AvgIpc) is 3.20. The number of carbonyl (C=O) groups excluding carboxylic acids is 1. The molecule has 2 atom stereocenters. The molecule has 160 valence electrons. The van der Waals surface area contributed by atoms with Crippen LogP contribution < -0.4 is 20.1 Å². The number of ketones is 1. The van der Waals surface area contributed by atoms with Crippen LogP contribution in [0.1, 0.15) is 35.9 Å². The number of carbonyl (C=O) groups is 1. The summed E-state index contributed by atoms with van der Waals surface area (Å²) < 4.78 is 11.1. The van der Waals surface area contributed by atoms with Crippen LogP contribution in [-0.4, -0.2) is 12.6 Å². The van der Waals surface area contributed by atoms with Crippen LogP contribution in [0.5, 0.6) is 11.5 Å². The van der Waals surface area contributed by atoms with Crippen LogP contribution in [0.25, 0.3) is 0 Å². The van der Waals surface area contributed by atoms with Crippen LogP contribution >= 0.6 is 11.6 Å². The zero-order valence-corrected chi connectivity index (χ0v) is 18.0. The molecule has 0 fully saturated rings. The van der Waals surface area contributed by atoms with Crippen LogP contribution in [0.3, 0.4) is 0 Å². The molecule has 0 bridgehead atoms. The SMILES string of the molecule is O=C1C[C@@H](c2ccccc2Cl)CC2=C1[C@H](c1ccc3c(c1)OCO3)Nc1ccccc1N2. The summed E-state index contributed by atoms with van der Waals surface area (Å²) in [4.78, 5) is 13.6. The molecule has 0 spiro atoms. The first-order valence-corrected chi connectivity index (χ1v) is 11.1. The number of allylic oxidation sites excluding steroid dienone is 1. The molecule has 2 heterocycles. The zero-order valence-electron chi connectivity index (χ0n) is 17.2. The highest BCUT2D eigenvalue weighted by molar-refractivity contribution is 6.31. The Morgan fingerprint density at radius 2 is 1.66 bits per heavy atom. The Kier molecular flexibility index (Phi) is 4.58. The predicted molar refractivity (Wildman–Crippen MR) is 124 cm³/mol. The lowest BCUT2D eigenvalue weighted by molar-refractivity contribution is -0.116. The van der Waals surface area contributed by atoms with Crippen molar-refractivity contribution in [3.8, 4) is 11.5 Å². The first-order valence-electron chi connectivity index (χ1n) is 10.7. The zero-order chi connectivity index (χ0) is 21.7. The summed E-state index contributed by atoms with van der Waals surface area (Å²) in [6.07, 6.45) is 1.13. The molecule has 1 aliphatic carbocycles. The van der Waals surface area contributed by atoms with Gasteiger partial charge in [0, 0.05) is 22.7 Å². The largest absolute Gasteiger partial charge is 0.454 e. The molecule has 0 radical (unpaired) electrons. The summed E-state index contributed by atoms with van der Waals surface area (Å²) in [5.41, 5.74) is 5.59. The molecule has 0 amide bonds. The highest BCUT2D eigenvalue weighted by Crippen LogP contribution is 2.46. The first-order chi connectivity index (χ1) is 15.7. The highest BCUT2D eigenvalue weighted by atomic mass is 35.5. The summed E-state index contributed by atoms with van der Waals surface area (Å²) in [5.74, 6) is 1.58. The quantitative estimate of drug-likeness (QED) is 0.504. The van der Waals surface area contributed by atoms with Crippen molar-refractivity contribution >= 4 is 28.8 Å². The van der Waals surface area contributed by atoms with Gasteiger partial charge >= 0.3 is 0 Å². The van der Waals surface area contributed by atoms with E-state index < -0.39 is 0 Å². The lowest BCUT2D eigenvalue weighted by Gasteiger charge is -2.30. The molecule has 6 heteroatoms. The number of halogens is 1. The van der Waals surface area contributed by atoms with E-state index in [4.69, 9.17) is 21.1 Å². The maximum absolute atomic E-state index is 13.6. The molecule has 32 heavy (non-hydrogen) atoms. The van der Waals surface area contributed by atoms with Crippen LogP contribution in [0.15, 0.2) is 78.0 Å². The van der Waals surface area contributed by atoms with E-state index in [1.54, 1.807) is 0 Å². The molecule has 0 unspecified atom stereocenters. The number of hydrogen-bond donors (Lipinski definition) is 2. The van der Waals surface area contributed by atoms with Gasteiger partial charge < -0.3 is 20.1 Å². The monoisotopic (exact) mass is 444 g/mol. The predicted octanol–water partition coefficient (Wildman–Crippen LogP) is 6.05. The minimum absolute atomic E-state index is 0.0325. The van der Waals surface area contributed by atoms with E-state index in [9.17, 15) is 4.79 Å². The Morgan fingerprint density at radius 1 is 0.875 bits per heavy atom. The van der Waals surface area contributed by atoms with Gasteiger partial charge in [0.2, 0.25) is 6.79 Å². The molecule has 2 aliphatic heterocycles. The number of fused-ring (bicyclic) bond motifs is 2. The second-order valence-corrected chi connectivity index (χ2v) is 8.71. The van der Waals surface area contributed by atoms with E-state index in [1.165, 1.54) is 0 Å². The van der Waals surface area contributed by atoms with Gasteiger partial charge in [-0.1, -0.05) is 48.0 Å². The van der Waals surface area contributed by atoms with E-state index in [1.807, 2.05) is 66.7 Å². The van der Waals surface area contributed by atoms with Crippen molar-refractivity contribution < 1.29 is 14.3 Å². The maximum atomic E-state index is 13.6. The number of benzene rings is 3. The average molecular weight is 445 g/mol. The number of para-hydroxylation sites is 2. The first kappa shape index (κ1) is 19.3. The molecule has 3 aromatic carbocycles. The van der Waals surface area contributed by atoms with Crippen molar-refractivity contribution in [2.24, 2.45) is 0 Å². The van der Waals surface area contributed by atoms with Crippen LogP contribution in [-0.2, 0) is 4.79 Å². The van der Waals surface area contributed by atoms with E-state index in [0.717, 1.165) is 39.5 Å². The summed E-state index contributed by atoms with van der Waals surface area (Å²) in [7, 11) is 0. The van der Waals surface area contributed by atoms with Crippen molar-refractivity contribution in [1.29, 1.82) is 0 Å². The number of ether oxygens (including phenoxy) is 2. The molecule has 3 aliphatic rings. The van der Waals surface area contributed by atoms with Crippen LogP contribution in [0.2, 0.25) is 5.02 Å². The second-order valence-electron chi connectivity index (χ2n) is 8.30. The van der Waals surface area contributed by atoms with Gasteiger partial charge in [-0.25, -0.2) is 0 Å². The minimum Gasteiger partial charge on any atom is -0.454 e. The van der Waals surface area contributed by atoms with Gasteiger partial charge in [-0.2, -0.15) is 0 Å². The molecule has 0 saturated heterocycles. The van der Waals surface area contributed by atoms with Gasteiger partial charge in [0.15, 0.2) is 17.3 Å². The molecule has 5 nitrogen and oxygen atoms in total. The second kappa shape index (κ2) is 7.61. The van der Waals surface area contributed by atoms with Crippen molar-refractivity contribution in [3.63, 3.8) is 0 Å². The van der Waals surface area contributed by atoms with Gasteiger partial charge in [0.1, 0.15) is 0 Å².